The van der Waals surface area contributed by atoms with E-state index in [-0.39, 0.29) is 11.8 Å². The van der Waals surface area contributed by atoms with E-state index in [1.807, 2.05) is 60.2 Å². The monoisotopic (exact) mass is 439 g/mol. The van der Waals surface area contributed by atoms with E-state index in [9.17, 15) is 9.18 Å². The first-order chi connectivity index (χ1) is 15.6. The number of urea groups is 1. The molecule has 0 radical (unpaired) electrons. The Morgan fingerprint density at radius 1 is 1.12 bits per heavy atom. The molecule has 3 rings (SSSR count). The topological polar surface area (TPSA) is 55.7 Å². The molecule has 0 aliphatic carbocycles. The average molecular weight is 440 g/mol. The van der Waals surface area contributed by atoms with E-state index in [0.717, 1.165) is 11.3 Å². The van der Waals surface area contributed by atoms with E-state index in [2.05, 4.69) is 5.32 Å². The number of methoxy groups -OCH3 is 1. The van der Waals surface area contributed by atoms with Gasteiger partial charge in [0, 0.05) is 38.7 Å². The van der Waals surface area contributed by atoms with Crippen LogP contribution in [0.25, 0.3) is 0 Å². The fraction of sp³-hybridized carbons (Fsp3) is 0.320. The first kappa shape index (κ1) is 23.3. The molecule has 32 heavy (non-hydrogen) atoms. The molecule has 2 aromatic carbocycles. The van der Waals surface area contributed by atoms with Gasteiger partial charge in [0.25, 0.3) is 0 Å². The zero-order valence-electron chi connectivity index (χ0n) is 18.6. The smallest absolute Gasteiger partial charge is 0.322 e. The van der Waals surface area contributed by atoms with Gasteiger partial charge in [0.05, 0.1) is 18.8 Å². The molecule has 0 atom stereocenters. The van der Waals surface area contributed by atoms with Gasteiger partial charge in [0.1, 0.15) is 11.6 Å². The van der Waals surface area contributed by atoms with Crippen molar-refractivity contribution in [2.24, 2.45) is 0 Å². The number of benzene rings is 2. The SMILES string of the molecule is CCOc1ccccc1NC(=O)N(CCCOC)Cc1cccn1Cc1cccc(F)c1. The van der Waals surface area contributed by atoms with Crippen molar-refractivity contribution in [2.45, 2.75) is 26.4 Å². The molecule has 0 bridgehead atoms. The Morgan fingerprint density at radius 3 is 2.75 bits per heavy atom. The minimum absolute atomic E-state index is 0.216. The second kappa shape index (κ2) is 11.9. The van der Waals surface area contributed by atoms with Gasteiger partial charge in [-0.15, -0.1) is 0 Å². The highest BCUT2D eigenvalue weighted by atomic mass is 19.1. The number of ether oxygens (including phenoxy) is 2. The highest BCUT2D eigenvalue weighted by molar-refractivity contribution is 5.91. The van der Waals surface area contributed by atoms with Crippen LogP contribution in [0.3, 0.4) is 0 Å². The van der Waals surface area contributed by atoms with Gasteiger partial charge in [-0.05, 0) is 55.3 Å². The fourth-order valence-corrected chi connectivity index (χ4v) is 3.47. The molecule has 1 aromatic heterocycles. The highest BCUT2D eigenvalue weighted by Gasteiger charge is 2.17. The minimum Gasteiger partial charge on any atom is -0.492 e. The summed E-state index contributed by atoms with van der Waals surface area (Å²) in [7, 11) is 1.65. The standard InChI is InChI=1S/C25H30FN3O3/c1-3-32-24-13-5-4-12-23(24)27-25(30)29(15-8-16-31-2)19-22-11-7-14-28(22)18-20-9-6-10-21(26)17-20/h4-7,9-14,17H,3,8,15-16,18-19H2,1-2H3,(H,27,30). The maximum atomic E-state index is 13.6. The Hall–Kier alpha value is -3.32. The summed E-state index contributed by atoms with van der Waals surface area (Å²) in [5, 5.41) is 2.97. The van der Waals surface area contributed by atoms with Gasteiger partial charge in [-0.25, -0.2) is 9.18 Å². The van der Waals surface area contributed by atoms with E-state index in [0.29, 0.717) is 50.7 Å². The Morgan fingerprint density at radius 2 is 1.97 bits per heavy atom. The van der Waals surface area contributed by atoms with Crippen LogP contribution in [0.15, 0.2) is 66.9 Å². The van der Waals surface area contributed by atoms with Gasteiger partial charge in [0.2, 0.25) is 0 Å². The third kappa shape index (κ3) is 6.59. The van der Waals surface area contributed by atoms with Crippen LogP contribution in [0.5, 0.6) is 5.75 Å². The predicted octanol–water partition coefficient (Wildman–Crippen LogP) is 5.14. The maximum absolute atomic E-state index is 13.6. The normalized spacial score (nSPS) is 10.7. The van der Waals surface area contributed by atoms with E-state index in [4.69, 9.17) is 9.47 Å². The Balaban J connectivity index is 1.75. The van der Waals surface area contributed by atoms with Crippen LogP contribution >= 0.6 is 0 Å². The number of hydrogen-bond acceptors (Lipinski definition) is 3. The van der Waals surface area contributed by atoms with Crippen molar-refractivity contribution < 1.29 is 18.7 Å². The van der Waals surface area contributed by atoms with Crippen molar-refractivity contribution in [1.82, 2.24) is 9.47 Å². The molecule has 0 saturated heterocycles. The summed E-state index contributed by atoms with van der Waals surface area (Å²) in [6.45, 7) is 4.45. The number of halogens is 1. The Bertz CT molecular complexity index is 1010. The van der Waals surface area contributed by atoms with Crippen LogP contribution in [0.4, 0.5) is 14.9 Å². The highest BCUT2D eigenvalue weighted by Crippen LogP contribution is 2.24. The number of aromatic nitrogens is 1. The van der Waals surface area contributed by atoms with Gasteiger partial charge < -0.3 is 24.3 Å². The molecule has 1 heterocycles. The van der Waals surface area contributed by atoms with Crippen LogP contribution in [0, 0.1) is 5.82 Å². The molecule has 0 aliphatic rings. The fourth-order valence-electron chi connectivity index (χ4n) is 3.47. The van der Waals surface area contributed by atoms with Crippen molar-refractivity contribution in [3.05, 3.63) is 83.9 Å². The van der Waals surface area contributed by atoms with Crippen LogP contribution in [0.1, 0.15) is 24.6 Å². The van der Waals surface area contributed by atoms with E-state index in [1.165, 1.54) is 12.1 Å². The predicted molar refractivity (Wildman–Crippen MR) is 123 cm³/mol. The van der Waals surface area contributed by atoms with Gasteiger partial charge in [-0.3, -0.25) is 0 Å². The maximum Gasteiger partial charge on any atom is 0.322 e. The van der Waals surface area contributed by atoms with Crippen molar-refractivity contribution in [3.63, 3.8) is 0 Å². The third-order valence-electron chi connectivity index (χ3n) is 5.01. The second-order valence-corrected chi connectivity index (χ2v) is 7.38. The summed E-state index contributed by atoms with van der Waals surface area (Å²) in [4.78, 5) is 14.9. The summed E-state index contributed by atoms with van der Waals surface area (Å²) in [5.74, 6) is 0.374. The van der Waals surface area contributed by atoms with E-state index >= 15 is 0 Å². The molecule has 0 saturated carbocycles. The van der Waals surface area contributed by atoms with Crippen molar-refractivity contribution in [1.29, 1.82) is 0 Å². The lowest BCUT2D eigenvalue weighted by atomic mass is 10.2. The van der Waals surface area contributed by atoms with Crippen molar-refractivity contribution in [2.75, 3.05) is 32.2 Å². The molecule has 1 N–H and O–H groups in total. The third-order valence-corrected chi connectivity index (χ3v) is 5.01. The van der Waals surface area contributed by atoms with Crippen molar-refractivity contribution in [3.8, 4) is 5.75 Å². The molecule has 0 spiro atoms. The molecule has 6 nitrogen and oxygen atoms in total. The number of nitrogens with one attached hydrogen (secondary N) is 1. The number of nitrogens with zero attached hydrogens (tertiary/aromatic N) is 2. The van der Waals surface area contributed by atoms with E-state index in [1.54, 1.807) is 18.1 Å². The average Bonchev–Trinajstić information content (AvgIpc) is 3.21. The number of amides is 2. The lowest BCUT2D eigenvalue weighted by Crippen LogP contribution is -2.36. The molecule has 0 fully saturated rings. The summed E-state index contributed by atoms with van der Waals surface area (Å²) in [6, 6.07) is 17.6. The molecular weight excluding hydrogens is 409 g/mol. The first-order valence-corrected chi connectivity index (χ1v) is 10.8. The first-order valence-electron chi connectivity index (χ1n) is 10.8. The van der Waals surface area contributed by atoms with E-state index < -0.39 is 0 Å². The molecule has 0 aliphatic heterocycles. The van der Waals surface area contributed by atoms with Crippen LogP contribution < -0.4 is 10.1 Å². The lowest BCUT2D eigenvalue weighted by Gasteiger charge is -2.24. The van der Waals surface area contributed by atoms with Gasteiger partial charge >= 0.3 is 6.03 Å². The Kier molecular flexibility index (Phi) is 8.69. The van der Waals surface area contributed by atoms with Crippen LogP contribution in [0.2, 0.25) is 0 Å². The zero-order chi connectivity index (χ0) is 22.8. The minimum atomic E-state index is -0.260. The van der Waals surface area contributed by atoms with Crippen LogP contribution in [-0.4, -0.2) is 42.4 Å². The second-order valence-electron chi connectivity index (χ2n) is 7.38. The summed E-state index contributed by atoms with van der Waals surface area (Å²) >= 11 is 0. The molecule has 170 valence electrons. The number of rotatable bonds is 11. The van der Waals surface area contributed by atoms with Crippen molar-refractivity contribution >= 4 is 11.7 Å². The van der Waals surface area contributed by atoms with Gasteiger partial charge in [0.15, 0.2) is 0 Å². The quantitative estimate of drug-likeness (QED) is 0.421. The summed E-state index contributed by atoms with van der Waals surface area (Å²) in [6.07, 6.45) is 2.65. The molecule has 2 amide bonds. The zero-order valence-corrected chi connectivity index (χ0v) is 18.6. The van der Waals surface area contributed by atoms with Gasteiger partial charge in [-0.1, -0.05) is 24.3 Å². The molecule has 3 aromatic rings. The number of para-hydroxylation sites is 2. The number of hydrogen-bond donors (Lipinski definition) is 1. The molecule has 0 unspecified atom stereocenters. The molecular formula is C25H30FN3O3. The number of carbonyl (C=O) groups excluding carboxylic acids is 1. The number of carbonyl (C=O) groups is 1. The summed E-state index contributed by atoms with van der Waals surface area (Å²) in [5.41, 5.74) is 2.45. The molecule has 7 heteroatoms. The number of anilines is 1. The Labute approximate surface area is 188 Å². The summed E-state index contributed by atoms with van der Waals surface area (Å²) < 4.78 is 26.4. The lowest BCUT2D eigenvalue weighted by molar-refractivity contribution is 0.171. The largest absolute Gasteiger partial charge is 0.492 e. The van der Waals surface area contributed by atoms with Gasteiger partial charge in [-0.2, -0.15) is 0 Å². The van der Waals surface area contributed by atoms with Crippen LogP contribution in [-0.2, 0) is 17.8 Å².